The van der Waals surface area contributed by atoms with E-state index in [0.29, 0.717) is 5.02 Å². The fourth-order valence-corrected chi connectivity index (χ4v) is 2.01. The lowest BCUT2D eigenvalue weighted by Gasteiger charge is -2.21. The number of rotatable bonds is 1. The normalized spacial score (nSPS) is 26.0. The minimum absolute atomic E-state index is 0.482. The number of hydrogen-bond donors (Lipinski definition) is 1. The Hall–Kier alpha value is -1.04. The number of hydrogen-bond acceptors (Lipinski definition) is 2. The van der Waals surface area contributed by atoms with Crippen molar-refractivity contribution < 1.29 is 0 Å². The second kappa shape index (κ2) is 3.61. The number of nitrogens with zero attached hydrogens (tertiary/aromatic N) is 1. The Morgan fingerprint density at radius 1 is 1.36 bits per heavy atom. The number of nitrogens with one attached hydrogen (secondary N) is 1. The summed E-state index contributed by atoms with van der Waals surface area (Å²) in [4.78, 5) is 0. The van der Waals surface area contributed by atoms with E-state index < -0.39 is 5.54 Å². The van der Waals surface area contributed by atoms with Gasteiger partial charge in [-0.05, 0) is 37.1 Å². The zero-order valence-electron chi connectivity index (χ0n) is 7.76. The summed E-state index contributed by atoms with van der Waals surface area (Å²) in [5.41, 5.74) is 0.534. The molecular weight excluding hydrogens is 196 g/mol. The van der Waals surface area contributed by atoms with Crippen LogP contribution in [0.4, 0.5) is 0 Å². The highest BCUT2D eigenvalue weighted by Crippen LogP contribution is 2.30. The van der Waals surface area contributed by atoms with Crippen molar-refractivity contribution in [2.75, 3.05) is 6.54 Å². The summed E-state index contributed by atoms with van der Waals surface area (Å²) in [6.07, 6.45) is 1.93. The first-order valence-electron chi connectivity index (χ1n) is 4.69. The van der Waals surface area contributed by atoms with Crippen LogP contribution in [0.2, 0.25) is 5.02 Å². The van der Waals surface area contributed by atoms with Gasteiger partial charge < -0.3 is 0 Å². The first-order valence-corrected chi connectivity index (χ1v) is 5.07. The van der Waals surface area contributed by atoms with E-state index in [0.717, 1.165) is 24.9 Å². The van der Waals surface area contributed by atoms with Crippen LogP contribution in [-0.2, 0) is 5.54 Å². The van der Waals surface area contributed by atoms with Crippen LogP contribution in [0.25, 0.3) is 0 Å². The predicted molar refractivity (Wildman–Crippen MR) is 56.0 cm³/mol. The number of halogens is 1. The first kappa shape index (κ1) is 9.51. The van der Waals surface area contributed by atoms with Crippen LogP contribution in [-0.4, -0.2) is 6.54 Å². The van der Waals surface area contributed by atoms with Gasteiger partial charge in [0, 0.05) is 5.02 Å². The fourth-order valence-electron chi connectivity index (χ4n) is 1.88. The van der Waals surface area contributed by atoms with Gasteiger partial charge in [0.05, 0.1) is 6.07 Å². The molecule has 0 bridgehead atoms. The molecule has 0 aliphatic carbocycles. The standard InChI is InChI=1S/C11H11ClN2/c12-10-4-2-9(3-5-10)11(8-13)6-1-7-14-11/h2-5,14H,1,6-7H2. The van der Waals surface area contributed by atoms with Crippen LogP contribution in [0.1, 0.15) is 18.4 Å². The highest BCUT2D eigenvalue weighted by Gasteiger charge is 2.35. The third-order valence-corrected chi connectivity index (χ3v) is 2.94. The Morgan fingerprint density at radius 2 is 2.07 bits per heavy atom. The van der Waals surface area contributed by atoms with Crippen molar-refractivity contribution in [2.24, 2.45) is 0 Å². The smallest absolute Gasteiger partial charge is 0.132 e. The molecule has 1 aromatic carbocycles. The zero-order valence-corrected chi connectivity index (χ0v) is 8.51. The molecule has 1 saturated heterocycles. The number of nitriles is 1. The molecule has 72 valence electrons. The van der Waals surface area contributed by atoms with Gasteiger partial charge in [-0.15, -0.1) is 0 Å². The first-order chi connectivity index (χ1) is 6.77. The lowest BCUT2D eigenvalue weighted by atomic mass is 9.90. The van der Waals surface area contributed by atoms with E-state index >= 15 is 0 Å². The molecule has 1 aliphatic rings. The van der Waals surface area contributed by atoms with Gasteiger partial charge in [-0.3, -0.25) is 5.32 Å². The van der Waals surface area contributed by atoms with E-state index in [1.54, 1.807) is 0 Å². The van der Waals surface area contributed by atoms with Crippen LogP contribution in [0.5, 0.6) is 0 Å². The summed E-state index contributed by atoms with van der Waals surface area (Å²) in [5, 5.41) is 13.2. The lowest BCUT2D eigenvalue weighted by Crippen LogP contribution is -2.34. The maximum atomic E-state index is 9.19. The van der Waals surface area contributed by atoms with Gasteiger partial charge in [-0.25, -0.2) is 0 Å². The van der Waals surface area contributed by atoms with Gasteiger partial charge in [0.15, 0.2) is 0 Å². The predicted octanol–water partition coefficient (Wildman–Crippen LogP) is 2.44. The molecule has 1 unspecified atom stereocenters. The molecule has 0 amide bonds. The largest absolute Gasteiger partial charge is 0.296 e. The molecule has 1 N–H and O–H groups in total. The minimum atomic E-state index is -0.482. The molecule has 14 heavy (non-hydrogen) atoms. The van der Waals surface area contributed by atoms with Crippen molar-refractivity contribution in [1.29, 1.82) is 5.26 Å². The average Bonchev–Trinajstić information content (AvgIpc) is 2.68. The van der Waals surface area contributed by atoms with E-state index in [1.807, 2.05) is 24.3 Å². The minimum Gasteiger partial charge on any atom is -0.296 e. The summed E-state index contributed by atoms with van der Waals surface area (Å²) < 4.78 is 0. The van der Waals surface area contributed by atoms with Crippen molar-refractivity contribution in [3.63, 3.8) is 0 Å². The lowest BCUT2D eigenvalue weighted by molar-refractivity contribution is 0.510. The Balaban J connectivity index is 2.37. The molecule has 0 aromatic heterocycles. The third kappa shape index (κ3) is 1.50. The Morgan fingerprint density at radius 3 is 2.57 bits per heavy atom. The second-order valence-electron chi connectivity index (χ2n) is 3.55. The maximum absolute atomic E-state index is 9.19. The van der Waals surface area contributed by atoms with Crippen molar-refractivity contribution in [3.8, 4) is 6.07 Å². The van der Waals surface area contributed by atoms with E-state index in [2.05, 4.69) is 11.4 Å². The van der Waals surface area contributed by atoms with Crippen LogP contribution in [0.15, 0.2) is 24.3 Å². The SMILES string of the molecule is N#CC1(c2ccc(Cl)cc2)CCCN1. The molecule has 1 heterocycles. The molecule has 2 nitrogen and oxygen atoms in total. The summed E-state index contributed by atoms with van der Waals surface area (Å²) in [6.45, 7) is 0.913. The van der Waals surface area contributed by atoms with Gasteiger partial charge in [-0.1, -0.05) is 23.7 Å². The Kier molecular flexibility index (Phi) is 2.45. The Labute approximate surface area is 88.5 Å². The van der Waals surface area contributed by atoms with Crippen LogP contribution >= 0.6 is 11.6 Å². The molecule has 1 atom stereocenters. The maximum Gasteiger partial charge on any atom is 0.132 e. The highest BCUT2D eigenvalue weighted by atomic mass is 35.5. The summed E-state index contributed by atoms with van der Waals surface area (Å²) >= 11 is 5.80. The summed E-state index contributed by atoms with van der Waals surface area (Å²) in [6, 6.07) is 9.86. The molecule has 3 heteroatoms. The summed E-state index contributed by atoms with van der Waals surface area (Å²) in [7, 11) is 0. The van der Waals surface area contributed by atoms with Gasteiger partial charge in [0.25, 0.3) is 0 Å². The molecule has 1 fully saturated rings. The molecular formula is C11H11ClN2. The van der Waals surface area contributed by atoms with Gasteiger partial charge in [0.1, 0.15) is 5.54 Å². The van der Waals surface area contributed by atoms with Crippen LogP contribution in [0.3, 0.4) is 0 Å². The van der Waals surface area contributed by atoms with Crippen molar-refractivity contribution >= 4 is 11.6 Å². The van der Waals surface area contributed by atoms with Crippen molar-refractivity contribution in [2.45, 2.75) is 18.4 Å². The van der Waals surface area contributed by atoms with E-state index in [9.17, 15) is 5.26 Å². The molecule has 0 spiro atoms. The van der Waals surface area contributed by atoms with Gasteiger partial charge in [0.2, 0.25) is 0 Å². The molecule has 1 aromatic rings. The molecule has 0 radical (unpaired) electrons. The van der Waals surface area contributed by atoms with E-state index in [1.165, 1.54) is 0 Å². The number of benzene rings is 1. The van der Waals surface area contributed by atoms with E-state index in [-0.39, 0.29) is 0 Å². The van der Waals surface area contributed by atoms with Gasteiger partial charge in [-0.2, -0.15) is 5.26 Å². The van der Waals surface area contributed by atoms with Crippen LogP contribution < -0.4 is 5.32 Å². The monoisotopic (exact) mass is 206 g/mol. The van der Waals surface area contributed by atoms with Gasteiger partial charge >= 0.3 is 0 Å². The fraction of sp³-hybridized carbons (Fsp3) is 0.364. The average molecular weight is 207 g/mol. The molecule has 1 aliphatic heterocycles. The third-order valence-electron chi connectivity index (χ3n) is 2.68. The van der Waals surface area contributed by atoms with E-state index in [4.69, 9.17) is 11.6 Å². The second-order valence-corrected chi connectivity index (χ2v) is 3.99. The summed E-state index contributed by atoms with van der Waals surface area (Å²) in [5.74, 6) is 0. The van der Waals surface area contributed by atoms with Crippen molar-refractivity contribution in [1.82, 2.24) is 5.32 Å². The topological polar surface area (TPSA) is 35.8 Å². The van der Waals surface area contributed by atoms with Crippen molar-refractivity contribution in [3.05, 3.63) is 34.9 Å². The quantitative estimate of drug-likeness (QED) is 0.766. The highest BCUT2D eigenvalue weighted by molar-refractivity contribution is 6.30. The molecule has 2 rings (SSSR count). The Bertz CT molecular complexity index is 358. The zero-order chi connectivity index (χ0) is 10.0. The molecule has 0 saturated carbocycles. The van der Waals surface area contributed by atoms with Crippen LogP contribution in [0, 0.1) is 11.3 Å².